The van der Waals surface area contributed by atoms with Crippen LogP contribution in [0.15, 0.2) is 54.0 Å². The van der Waals surface area contributed by atoms with Gasteiger partial charge in [-0.25, -0.2) is 18.7 Å². The Bertz CT molecular complexity index is 801. The predicted molar refractivity (Wildman–Crippen MR) is 90.0 cm³/mol. The van der Waals surface area contributed by atoms with Crippen LogP contribution in [0.5, 0.6) is 6.01 Å². The number of ether oxygens (including phenoxy) is 1. The van der Waals surface area contributed by atoms with Crippen LogP contribution in [0.3, 0.4) is 0 Å². The van der Waals surface area contributed by atoms with E-state index < -0.39 is 17.7 Å². The lowest BCUT2D eigenvalue weighted by Crippen LogP contribution is -2.29. The van der Waals surface area contributed by atoms with Gasteiger partial charge in [0.25, 0.3) is 0 Å². The van der Waals surface area contributed by atoms with E-state index in [1.165, 1.54) is 12.1 Å². The molecule has 25 heavy (non-hydrogen) atoms. The summed E-state index contributed by atoms with van der Waals surface area (Å²) in [5.41, 5.74) is 13.0. The number of hydrogen-bond acceptors (Lipinski definition) is 5. The Labute approximate surface area is 144 Å². The number of nitrogens with zero attached hydrogens (tertiary/aromatic N) is 2. The Morgan fingerprint density at radius 3 is 2.52 bits per heavy atom. The van der Waals surface area contributed by atoms with Crippen molar-refractivity contribution in [2.45, 2.75) is 25.4 Å². The van der Waals surface area contributed by atoms with E-state index in [1.54, 1.807) is 18.5 Å². The minimum atomic E-state index is -0.714. The molecular weight excluding hydrogens is 326 g/mol. The second-order valence-corrected chi connectivity index (χ2v) is 5.71. The molecule has 1 aliphatic rings. The van der Waals surface area contributed by atoms with Crippen LogP contribution in [0.2, 0.25) is 0 Å². The van der Waals surface area contributed by atoms with Gasteiger partial charge in [0.1, 0.15) is 17.7 Å². The molecule has 1 aromatic carbocycles. The van der Waals surface area contributed by atoms with Crippen molar-refractivity contribution in [3.8, 4) is 6.01 Å². The number of nitrogens with two attached hydrogens (primary N) is 2. The largest absolute Gasteiger partial charge is 0.454 e. The van der Waals surface area contributed by atoms with Crippen LogP contribution in [0.25, 0.3) is 5.70 Å². The highest BCUT2D eigenvalue weighted by molar-refractivity contribution is 5.66. The molecule has 0 aliphatic heterocycles. The Hall–Kier alpha value is -2.96. The molecule has 5 nitrogen and oxygen atoms in total. The van der Waals surface area contributed by atoms with E-state index in [0.717, 1.165) is 18.6 Å². The van der Waals surface area contributed by atoms with Crippen LogP contribution in [0.1, 0.15) is 24.8 Å². The van der Waals surface area contributed by atoms with Gasteiger partial charge < -0.3 is 16.2 Å². The maximum Gasteiger partial charge on any atom is 0.316 e. The molecule has 4 N–H and O–H groups in total. The lowest BCUT2D eigenvalue weighted by Gasteiger charge is -2.25. The summed E-state index contributed by atoms with van der Waals surface area (Å²) in [6, 6.07) is 5.53. The van der Waals surface area contributed by atoms with Crippen molar-refractivity contribution in [3.05, 3.63) is 71.2 Å². The lowest BCUT2D eigenvalue weighted by atomic mass is 9.92. The molecule has 1 unspecified atom stereocenters. The molecule has 1 atom stereocenters. The summed E-state index contributed by atoms with van der Waals surface area (Å²) in [6.07, 6.45) is 6.42. The van der Waals surface area contributed by atoms with Crippen LogP contribution in [-0.2, 0) is 0 Å². The molecule has 1 heterocycles. The predicted octanol–water partition coefficient (Wildman–Crippen LogP) is 2.90. The fourth-order valence-corrected chi connectivity index (χ4v) is 2.77. The first-order valence-electron chi connectivity index (χ1n) is 7.90. The maximum absolute atomic E-state index is 13.9. The van der Waals surface area contributed by atoms with Gasteiger partial charge in [-0.3, -0.25) is 0 Å². The van der Waals surface area contributed by atoms with Gasteiger partial charge in [-0.2, -0.15) is 0 Å². The number of rotatable bonds is 4. The summed E-state index contributed by atoms with van der Waals surface area (Å²) < 4.78 is 33.4. The van der Waals surface area contributed by atoms with Crippen LogP contribution in [0.4, 0.5) is 8.78 Å². The van der Waals surface area contributed by atoms with Crippen LogP contribution in [-0.4, -0.2) is 16.1 Å². The SMILES string of the molecule is NC1=C(/C=C(\N)c2c(F)cccc2F)CCCC1Oc1ncccn1. The molecular formula is C18H18F2N4O. The number of benzene rings is 1. The lowest BCUT2D eigenvalue weighted by molar-refractivity contribution is 0.196. The van der Waals surface area contributed by atoms with Gasteiger partial charge in [0.15, 0.2) is 0 Å². The molecule has 1 aromatic heterocycles. The van der Waals surface area contributed by atoms with E-state index >= 15 is 0 Å². The standard InChI is InChI=1S/C18H18F2N4O/c19-12-5-2-6-13(20)16(12)14(21)10-11-4-1-7-15(17(11)22)25-18-23-8-3-9-24-18/h2-3,5-6,8-10,15H,1,4,7,21-22H2/b14-10-. The summed E-state index contributed by atoms with van der Waals surface area (Å²) in [5.74, 6) is -1.43. The second kappa shape index (κ2) is 7.29. The highest BCUT2D eigenvalue weighted by Gasteiger charge is 2.23. The summed E-state index contributed by atoms with van der Waals surface area (Å²) in [6.45, 7) is 0. The van der Waals surface area contributed by atoms with Crippen molar-refractivity contribution in [1.82, 2.24) is 9.97 Å². The minimum Gasteiger partial charge on any atom is -0.454 e. The molecule has 130 valence electrons. The first-order valence-corrected chi connectivity index (χ1v) is 7.90. The van der Waals surface area contributed by atoms with Crippen LogP contribution < -0.4 is 16.2 Å². The second-order valence-electron chi connectivity index (χ2n) is 5.71. The van der Waals surface area contributed by atoms with E-state index in [9.17, 15) is 8.78 Å². The monoisotopic (exact) mass is 344 g/mol. The van der Waals surface area contributed by atoms with E-state index in [-0.39, 0.29) is 17.3 Å². The number of hydrogen-bond donors (Lipinski definition) is 2. The van der Waals surface area contributed by atoms with E-state index in [0.29, 0.717) is 24.1 Å². The van der Waals surface area contributed by atoms with E-state index in [2.05, 4.69) is 9.97 Å². The summed E-state index contributed by atoms with van der Waals surface area (Å²) in [5, 5.41) is 0. The van der Waals surface area contributed by atoms with Crippen LogP contribution in [0, 0.1) is 11.6 Å². The highest BCUT2D eigenvalue weighted by atomic mass is 19.1. The van der Waals surface area contributed by atoms with Gasteiger partial charge in [0.05, 0.1) is 11.3 Å². The zero-order chi connectivity index (χ0) is 17.8. The van der Waals surface area contributed by atoms with Gasteiger partial charge >= 0.3 is 6.01 Å². The molecule has 0 radical (unpaired) electrons. The minimum absolute atomic E-state index is 0.00911. The van der Waals surface area contributed by atoms with Crippen LogP contribution >= 0.6 is 0 Å². The van der Waals surface area contributed by atoms with Gasteiger partial charge in [0.2, 0.25) is 0 Å². The summed E-state index contributed by atoms with van der Waals surface area (Å²) >= 11 is 0. The van der Waals surface area contributed by atoms with E-state index in [4.69, 9.17) is 16.2 Å². The van der Waals surface area contributed by atoms with Crippen molar-refractivity contribution in [2.24, 2.45) is 11.5 Å². The molecule has 0 saturated heterocycles. The third-order valence-corrected chi connectivity index (χ3v) is 4.00. The molecule has 0 bridgehead atoms. The highest BCUT2D eigenvalue weighted by Crippen LogP contribution is 2.28. The molecule has 2 aromatic rings. The van der Waals surface area contributed by atoms with Crippen molar-refractivity contribution in [3.63, 3.8) is 0 Å². The summed E-state index contributed by atoms with van der Waals surface area (Å²) in [4.78, 5) is 8.03. The number of allylic oxidation sites excluding steroid dienone is 2. The van der Waals surface area contributed by atoms with Gasteiger partial charge in [-0.1, -0.05) is 6.07 Å². The van der Waals surface area contributed by atoms with Gasteiger partial charge in [0, 0.05) is 18.1 Å². The Morgan fingerprint density at radius 2 is 1.84 bits per heavy atom. The van der Waals surface area contributed by atoms with Crippen molar-refractivity contribution < 1.29 is 13.5 Å². The molecule has 0 amide bonds. The first kappa shape index (κ1) is 16.9. The molecule has 0 saturated carbocycles. The smallest absolute Gasteiger partial charge is 0.316 e. The number of halogens is 2. The zero-order valence-corrected chi connectivity index (χ0v) is 13.5. The Kier molecular flexibility index (Phi) is 4.92. The van der Waals surface area contributed by atoms with Crippen molar-refractivity contribution in [1.29, 1.82) is 0 Å². The average Bonchev–Trinajstić information content (AvgIpc) is 2.59. The normalized spacial score (nSPS) is 18.3. The van der Waals surface area contributed by atoms with Crippen molar-refractivity contribution >= 4 is 5.70 Å². The zero-order valence-electron chi connectivity index (χ0n) is 13.5. The maximum atomic E-state index is 13.9. The van der Waals surface area contributed by atoms with E-state index in [1.807, 2.05) is 0 Å². The third kappa shape index (κ3) is 3.76. The Balaban J connectivity index is 1.88. The first-order chi connectivity index (χ1) is 12.1. The quantitative estimate of drug-likeness (QED) is 0.890. The molecule has 1 aliphatic carbocycles. The molecule has 0 fully saturated rings. The summed E-state index contributed by atoms with van der Waals surface area (Å²) in [7, 11) is 0. The average molecular weight is 344 g/mol. The fraction of sp³-hybridized carbons (Fsp3) is 0.222. The number of aromatic nitrogens is 2. The third-order valence-electron chi connectivity index (χ3n) is 4.00. The fourth-order valence-electron chi connectivity index (χ4n) is 2.77. The van der Waals surface area contributed by atoms with Gasteiger partial charge in [-0.05, 0) is 49.1 Å². The van der Waals surface area contributed by atoms with Crippen molar-refractivity contribution in [2.75, 3.05) is 0 Å². The molecule has 7 heteroatoms. The topological polar surface area (TPSA) is 87.0 Å². The van der Waals surface area contributed by atoms with Gasteiger partial charge in [-0.15, -0.1) is 0 Å². The Morgan fingerprint density at radius 1 is 1.16 bits per heavy atom. The molecule has 0 spiro atoms. The molecule has 3 rings (SSSR count).